The number of carbonyl (C=O) groups excluding carboxylic acids is 1. The molecule has 1 aliphatic heterocycles. The second-order valence-electron chi connectivity index (χ2n) is 7.27. The van der Waals surface area contributed by atoms with E-state index in [1.807, 2.05) is 36.4 Å². The van der Waals surface area contributed by atoms with E-state index in [0.29, 0.717) is 36.5 Å². The van der Waals surface area contributed by atoms with Gasteiger partial charge in [0.2, 0.25) is 5.91 Å². The van der Waals surface area contributed by atoms with E-state index in [9.17, 15) is 10.1 Å². The predicted octanol–water partition coefficient (Wildman–Crippen LogP) is 4.62. The highest BCUT2D eigenvalue weighted by Crippen LogP contribution is 2.34. The van der Waals surface area contributed by atoms with E-state index >= 15 is 0 Å². The number of piperidine rings is 1. The minimum Gasteiger partial charge on any atom is -0.497 e. The number of halogens is 1. The van der Waals surface area contributed by atoms with Crippen LogP contribution in [0.4, 0.5) is 11.4 Å². The Hall–Kier alpha value is -3.30. The van der Waals surface area contributed by atoms with Crippen LogP contribution >= 0.6 is 11.6 Å². The Morgan fingerprint density at radius 2 is 1.97 bits per heavy atom. The molecule has 0 radical (unpaired) electrons. The second kappa shape index (κ2) is 8.60. The number of anilines is 2. The van der Waals surface area contributed by atoms with Crippen molar-refractivity contribution in [3.63, 3.8) is 0 Å². The van der Waals surface area contributed by atoms with Crippen LogP contribution < -0.4 is 15.0 Å². The zero-order chi connectivity index (χ0) is 21.1. The number of hydrogen-bond acceptors (Lipinski definition) is 5. The van der Waals surface area contributed by atoms with Gasteiger partial charge in [-0.2, -0.15) is 5.26 Å². The number of nitrogens with zero attached hydrogens (tertiary/aromatic N) is 3. The normalized spacial score (nSPS) is 14.4. The van der Waals surface area contributed by atoms with Crippen molar-refractivity contribution < 1.29 is 9.53 Å². The molecule has 0 bridgehead atoms. The fraction of sp³-hybridized carbons (Fsp3) is 0.261. The first-order valence-corrected chi connectivity index (χ1v) is 10.1. The van der Waals surface area contributed by atoms with E-state index < -0.39 is 0 Å². The lowest BCUT2D eigenvalue weighted by molar-refractivity contribution is -0.120. The van der Waals surface area contributed by atoms with Crippen molar-refractivity contribution in [2.24, 2.45) is 5.92 Å². The van der Waals surface area contributed by atoms with Crippen LogP contribution in [0.25, 0.3) is 10.9 Å². The summed E-state index contributed by atoms with van der Waals surface area (Å²) < 4.78 is 5.15. The molecular formula is C23H21ClN4O2. The third kappa shape index (κ3) is 4.03. The molecule has 3 aromatic rings. The maximum Gasteiger partial charge on any atom is 0.227 e. The molecule has 7 heteroatoms. The smallest absolute Gasteiger partial charge is 0.227 e. The van der Waals surface area contributed by atoms with Gasteiger partial charge in [0.25, 0.3) is 0 Å². The Balaban J connectivity index is 1.48. The highest BCUT2D eigenvalue weighted by atomic mass is 35.5. The molecule has 1 aromatic heterocycles. The Bertz CT molecular complexity index is 1120. The summed E-state index contributed by atoms with van der Waals surface area (Å²) in [5.41, 5.74) is 2.92. The number of hydrogen-bond donors (Lipinski definition) is 1. The number of pyridine rings is 1. The van der Waals surface area contributed by atoms with Crippen LogP contribution in [0.3, 0.4) is 0 Å². The highest BCUT2D eigenvalue weighted by molar-refractivity contribution is 6.31. The molecule has 1 fully saturated rings. The van der Waals surface area contributed by atoms with Crippen molar-refractivity contribution in [3.05, 3.63) is 59.2 Å². The summed E-state index contributed by atoms with van der Waals surface area (Å²) in [6.07, 6.45) is 3.02. The molecule has 1 N–H and O–H groups in total. The van der Waals surface area contributed by atoms with Gasteiger partial charge >= 0.3 is 0 Å². The van der Waals surface area contributed by atoms with Gasteiger partial charge < -0.3 is 15.0 Å². The first kappa shape index (κ1) is 20.0. The largest absolute Gasteiger partial charge is 0.497 e. The van der Waals surface area contributed by atoms with E-state index in [0.717, 1.165) is 28.0 Å². The van der Waals surface area contributed by atoms with Gasteiger partial charge in [0.05, 0.1) is 23.9 Å². The lowest BCUT2D eigenvalue weighted by Crippen LogP contribution is -2.38. The van der Waals surface area contributed by atoms with E-state index in [1.165, 1.54) is 0 Å². The number of aromatic nitrogens is 1. The summed E-state index contributed by atoms with van der Waals surface area (Å²) in [7, 11) is 1.61. The number of rotatable bonds is 4. The minimum atomic E-state index is -0.0782. The van der Waals surface area contributed by atoms with Gasteiger partial charge in [-0.25, -0.2) is 0 Å². The van der Waals surface area contributed by atoms with Gasteiger partial charge in [0, 0.05) is 41.3 Å². The summed E-state index contributed by atoms with van der Waals surface area (Å²) in [6, 6.07) is 15.1. The number of nitriles is 1. The molecule has 1 saturated heterocycles. The quantitative estimate of drug-likeness (QED) is 0.666. The summed E-state index contributed by atoms with van der Waals surface area (Å²) in [4.78, 5) is 19.2. The zero-order valence-electron chi connectivity index (χ0n) is 16.6. The number of carbonyl (C=O) groups is 1. The molecule has 0 spiro atoms. The molecular weight excluding hydrogens is 400 g/mol. The highest BCUT2D eigenvalue weighted by Gasteiger charge is 2.27. The van der Waals surface area contributed by atoms with Crippen molar-refractivity contribution in [1.29, 1.82) is 5.26 Å². The van der Waals surface area contributed by atoms with Crippen molar-refractivity contribution >= 4 is 39.8 Å². The van der Waals surface area contributed by atoms with Crippen LogP contribution in [0.2, 0.25) is 5.02 Å². The fourth-order valence-electron chi connectivity index (χ4n) is 3.86. The number of nitrogens with one attached hydrogen (secondary N) is 1. The molecule has 1 aliphatic rings. The van der Waals surface area contributed by atoms with Crippen LogP contribution in [0, 0.1) is 17.2 Å². The van der Waals surface area contributed by atoms with Gasteiger partial charge in [-0.1, -0.05) is 11.6 Å². The van der Waals surface area contributed by atoms with Crippen LogP contribution in [0.1, 0.15) is 18.4 Å². The standard InChI is InChI=1S/C23H21ClN4O2/c1-30-19-5-3-18(4-6-19)27-23(29)15-8-10-28(11-9-15)22-16(13-25)14-26-21-7-2-17(24)12-20(21)22/h2-7,12,14-15H,8-11H2,1H3,(H,27,29). The predicted molar refractivity (Wildman–Crippen MR) is 118 cm³/mol. The average Bonchev–Trinajstić information content (AvgIpc) is 2.78. The van der Waals surface area contributed by atoms with Gasteiger partial charge in [-0.05, 0) is 55.3 Å². The van der Waals surface area contributed by atoms with E-state index in [4.69, 9.17) is 16.3 Å². The van der Waals surface area contributed by atoms with Gasteiger partial charge in [-0.15, -0.1) is 0 Å². The molecule has 1 amide bonds. The SMILES string of the molecule is COc1ccc(NC(=O)C2CCN(c3c(C#N)cnc4ccc(Cl)cc34)CC2)cc1. The van der Waals surface area contributed by atoms with Crippen molar-refractivity contribution in [2.75, 3.05) is 30.4 Å². The first-order valence-electron chi connectivity index (χ1n) is 9.77. The number of ether oxygens (including phenoxy) is 1. The molecule has 0 saturated carbocycles. The van der Waals surface area contributed by atoms with Crippen LogP contribution in [0.15, 0.2) is 48.7 Å². The van der Waals surface area contributed by atoms with Crippen molar-refractivity contribution in [3.8, 4) is 11.8 Å². The summed E-state index contributed by atoms with van der Waals surface area (Å²) in [5, 5.41) is 14.1. The monoisotopic (exact) mass is 420 g/mol. The molecule has 0 aliphatic carbocycles. The first-order chi connectivity index (χ1) is 14.6. The number of fused-ring (bicyclic) bond motifs is 1. The van der Waals surface area contributed by atoms with Crippen molar-refractivity contribution in [1.82, 2.24) is 4.98 Å². The molecule has 30 heavy (non-hydrogen) atoms. The van der Waals surface area contributed by atoms with Gasteiger partial charge in [-0.3, -0.25) is 9.78 Å². The molecule has 2 aromatic carbocycles. The Morgan fingerprint density at radius 1 is 1.23 bits per heavy atom. The summed E-state index contributed by atoms with van der Waals surface area (Å²) >= 11 is 6.20. The van der Waals surface area contributed by atoms with E-state index in [1.54, 1.807) is 19.4 Å². The number of methoxy groups -OCH3 is 1. The van der Waals surface area contributed by atoms with E-state index in [2.05, 4.69) is 21.3 Å². The third-order valence-electron chi connectivity index (χ3n) is 5.46. The van der Waals surface area contributed by atoms with Gasteiger partial charge in [0.1, 0.15) is 11.8 Å². The average molecular weight is 421 g/mol. The summed E-state index contributed by atoms with van der Waals surface area (Å²) in [6.45, 7) is 1.36. The lowest BCUT2D eigenvalue weighted by atomic mass is 9.94. The molecule has 2 heterocycles. The van der Waals surface area contributed by atoms with Gasteiger partial charge in [0.15, 0.2) is 0 Å². The molecule has 0 unspecified atom stereocenters. The maximum absolute atomic E-state index is 12.7. The molecule has 6 nitrogen and oxygen atoms in total. The summed E-state index contributed by atoms with van der Waals surface area (Å²) in [5.74, 6) is 0.688. The second-order valence-corrected chi connectivity index (χ2v) is 7.71. The zero-order valence-corrected chi connectivity index (χ0v) is 17.3. The number of amides is 1. The van der Waals surface area contributed by atoms with Crippen LogP contribution in [-0.4, -0.2) is 31.1 Å². The third-order valence-corrected chi connectivity index (χ3v) is 5.70. The van der Waals surface area contributed by atoms with E-state index in [-0.39, 0.29) is 11.8 Å². The van der Waals surface area contributed by atoms with Crippen LogP contribution in [-0.2, 0) is 4.79 Å². The molecule has 0 atom stereocenters. The number of benzene rings is 2. The van der Waals surface area contributed by atoms with Crippen molar-refractivity contribution in [2.45, 2.75) is 12.8 Å². The maximum atomic E-state index is 12.7. The Labute approximate surface area is 180 Å². The fourth-order valence-corrected chi connectivity index (χ4v) is 4.03. The molecule has 4 rings (SSSR count). The topological polar surface area (TPSA) is 78.2 Å². The lowest BCUT2D eigenvalue weighted by Gasteiger charge is -2.34. The Kier molecular flexibility index (Phi) is 5.73. The minimum absolute atomic E-state index is 0.0166. The Morgan fingerprint density at radius 3 is 2.63 bits per heavy atom. The molecule has 152 valence electrons. The van der Waals surface area contributed by atoms with Crippen LogP contribution in [0.5, 0.6) is 5.75 Å².